The van der Waals surface area contributed by atoms with Crippen LogP contribution in [0.5, 0.6) is 0 Å². The molecule has 0 heterocycles. The first-order chi connectivity index (χ1) is 3.06. The summed E-state index contributed by atoms with van der Waals surface area (Å²) >= 11 is 3.35. The van der Waals surface area contributed by atoms with Crippen molar-refractivity contribution in [1.82, 2.24) is 0 Å². The minimum absolute atomic E-state index is 0. The van der Waals surface area contributed by atoms with Crippen LogP contribution in [-0.4, -0.2) is 13.0 Å². The Morgan fingerprint density at radius 1 is 1.50 bits per heavy atom. The molecule has 0 atom stereocenters. The Bertz CT molecular complexity index is 158. The van der Waals surface area contributed by atoms with Crippen molar-refractivity contribution in [2.24, 2.45) is 0 Å². The molecule has 0 aliphatic heterocycles. The summed E-state index contributed by atoms with van der Waals surface area (Å²) in [6.45, 7) is 0. The fourth-order valence-electron chi connectivity index (χ4n) is 0.0745. The summed E-state index contributed by atoms with van der Waals surface area (Å²) in [5.74, 6) is 0. The van der Waals surface area contributed by atoms with Gasteiger partial charge in [-0.3, -0.25) is 0 Å². The van der Waals surface area contributed by atoms with E-state index in [1.165, 1.54) is 0 Å². The number of hydrogen-bond acceptors (Lipinski definition) is 4. The maximum atomic E-state index is 9.54. The van der Waals surface area contributed by atoms with E-state index in [1.54, 1.807) is 0 Å². The SMILES string of the molecule is O=S(=O)([O-])/C=C/S.[Na+]. The van der Waals surface area contributed by atoms with Gasteiger partial charge in [-0.25, -0.2) is 8.42 Å². The molecule has 0 radical (unpaired) electrons. The molecular formula is C2H3NaO3S2. The zero-order valence-corrected chi connectivity index (χ0v) is 7.95. The molecule has 0 aliphatic carbocycles. The third kappa shape index (κ3) is 10.1. The van der Waals surface area contributed by atoms with Gasteiger partial charge in [-0.1, -0.05) is 0 Å². The Balaban J connectivity index is 0. The van der Waals surface area contributed by atoms with Gasteiger partial charge in [0, 0.05) is 5.41 Å². The fraction of sp³-hybridized carbons (Fsp3) is 0. The summed E-state index contributed by atoms with van der Waals surface area (Å²) in [4.78, 5) is 0. The third-order valence-electron chi connectivity index (χ3n) is 0.228. The van der Waals surface area contributed by atoms with Crippen LogP contribution in [0.3, 0.4) is 0 Å². The quantitative estimate of drug-likeness (QED) is 0.253. The van der Waals surface area contributed by atoms with Crippen LogP contribution in [-0.2, 0) is 10.1 Å². The molecule has 6 heteroatoms. The topological polar surface area (TPSA) is 57.2 Å². The molecule has 0 bridgehead atoms. The van der Waals surface area contributed by atoms with E-state index < -0.39 is 10.1 Å². The molecule has 0 fully saturated rings. The molecule has 8 heavy (non-hydrogen) atoms. The Hall–Kier alpha value is 1.000. The van der Waals surface area contributed by atoms with Crippen molar-refractivity contribution >= 4 is 22.7 Å². The molecule has 0 aromatic rings. The average Bonchev–Trinajstić information content (AvgIpc) is 1.30. The van der Waals surface area contributed by atoms with Crippen LogP contribution >= 0.6 is 12.6 Å². The predicted octanol–water partition coefficient (Wildman–Crippen LogP) is -3.06. The zero-order chi connectivity index (χ0) is 5.91. The molecule has 0 aliphatic rings. The smallest absolute Gasteiger partial charge is 0.744 e. The summed E-state index contributed by atoms with van der Waals surface area (Å²) in [7, 11) is -4.18. The number of thiol groups is 1. The largest absolute Gasteiger partial charge is 1.00 e. The van der Waals surface area contributed by atoms with Gasteiger partial charge in [-0.2, -0.15) is 12.6 Å². The molecule has 0 amide bonds. The Morgan fingerprint density at radius 3 is 1.88 bits per heavy atom. The normalized spacial score (nSPS) is 11.2. The number of rotatable bonds is 1. The van der Waals surface area contributed by atoms with Crippen LogP contribution in [0.25, 0.3) is 0 Å². The molecule has 0 unspecified atom stereocenters. The van der Waals surface area contributed by atoms with E-state index in [1.807, 2.05) is 0 Å². The molecule has 0 aromatic carbocycles. The van der Waals surface area contributed by atoms with Gasteiger partial charge in [0.25, 0.3) is 0 Å². The second-order valence-electron chi connectivity index (χ2n) is 0.778. The first-order valence-electron chi connectivity index (χ1n) is 1.33. The van der Waals surface area contributed by atoms with Crippen LogP contribution in [0.15, 0.2) is 10.8 Å². The van der Waals surface area contributed by atoms with E-state index in [0.29, 0.717) is 5.41 Å². The standard InChI is InChI=1S/C2H4O3S2.Na/c3-7(4,5)2-1-6;/h1-2,6H,(H,3,4,5);/q;+1/p-1/b2-1+;. The minimum Gasteiger partial charge on any atom is -0.744 e. The first kappa shape index (κ1) is 11.8. The van der Waals surface area contributed by atoms with Crippen molar-refractivity contribution in [2.75, 3.05) is 0 Å². The fourth-order valence-corrected chi connectivity index (χ4v) is 0.671. The van der Waals surface area contributed by atoms with Crippen molar-refractivity contribution in [3.8, 4) is 0 Å². The van der Waals surface area contributed by atoms with Crippen LogP contribution in [0.4, 0.5) is 0 Å². The first-order valence-corrected chi connectivity index (χ1v) is 3.32. The molecular weight excluding hydrogens is 159 g/mol. The van der Waals surface area contributed by atoms with Crippen molar-refractivity contribution in [1.29, 1.82) is 0 Å². The minimum atomic E-state index is -4.18. The predicted molar refractivity (Wildman–Crippen MR) is 27.8 cm³/mol. The zero-order valence-electron chi connectivity index (χ0n) is 4.23. The van der Waals surface area contributed by atoms with Crippen LogP contribution in [0.2, 0.25) is 0 Å². The molecule has 0 N–H and O–H groups in total. The molecule has 42 valence electrons. The van der Waals surface area contributed by atoms with E-state index in [-0.39, 0.29) is 29.6 Å². The maximum absolute atomic E-state index is 9.54. The second kappa shape index (κ2) is 4.84. The van der Waals surface area contributed by atoms with E-state index >= 15 is 0 Å². The van der Waals surface area contributed by atoms with E-state index in [0.717, 1.165) is 5.41 Å². The summed E-state index contributed by atoms with van der Waals surface area (Å²) in [6, 6.07) is 0. The van der Waals surface area contributed by atoms with Crippen molar-refractivity contribution in [3.05, 3.63) is 10.8 Å². The summed E-state index contributed by atoms with van der Waals surface area (Å²) < 4.78 is 28.6. The van der Waals surface area contributed by atoms with Crippen LogP contribution < -0.4 is 29.6 Å². The van der Waals surface area contributed by atoms with Gasteiger partial charge in [-0.05, 0) is 5.41 Å². The van der Waals surface area contributed by atoms with Crippen LogP contribution in [0.1, 0.15) is 0 Å². The Kier molecular flexibility index (Phi) is 7.11. The maximum Gasteiger partial charge on any atom is 1.00 e. The Labute approximate surface area is 75.6 Å². The van der Waals surface area contributed by atoms with Gasteiger partial charge in [0.1, 0.15) is 10.1 Å². The van der Waals surface area contributed by atoms with Gasteiger partial charge < -0.3 is 4.55 Å². The van der Waals surface area contributed by atoms with E-state index in [4.69, 9.17) is 0 Å². The average molecular weight is 162 g/mol. The van der Waals surface area contributed by atoms with Gasteiger partial charge >= 0.3 is 29.6 Å². The second-order valence-corrected chi connectivity index (χ2v) is 2.33. The monoisotopic (exact) mass is 162 g/mol. The van der Waals surface area contributed by atoms with Crippen molar-refractivity contribution < 1.29 is 42.5 Å². The molecule has 3 nitrogen and oxygen atoms in total. The van der Waals surface area contributed by atoms with Crippen molar-refractivity contribution in [3.63, 3.8) is 0 Å². The van der Waals surface area contributed by atoms with E-state index in [9.17, 15) is 13.0 Å². The van der Waals surface area contributed by atoms with Gasteiger partial charge in [-0.15, -0.1) is 0 Å². The molecule has 0 saturated carbocycles. The van der Waals surface area contributed by atoms with E-state index in [2.05, 4.69) is 12.6 Å². The number of hydrogen-bond donors (Lipinski definition) is 1. The summed E-state index contributed by atoms with van der Waals surface area (Å²) in [5, 5.41) is 1.35. The van der Waals surface area contributed by atoms with Gasteiger partial charge in [0.05, 0.1) is 0 Å². The molecule has 0 aromatic heterocycles. The molecule has 0 saturated heterocycles. The van der Waals surface area contributed by atoms with Crippen LogP contribution in [0, 0.1) is 0 Å². The van der Waals surface area contributed by atoms with Gasteiger partial charge in [0.2, 0.25) is 0 Å². The summed E-state index contributed by atoms with van der Waals surface area (Å²) in [6.07, 6.45) is 0. The molecule has 0 spiro atoms. The molecule has 0 rings (SSSR count). The summed E-state index contributed by atoms with van der Waals surface area (Å²) in [5.41, 5.74) is 0. The third-order valence-corrected chi connectivity index (χ3v) is 1.05. The van der Waals surface area contributed by atoms with Gasteiger partial charge in [0.15, 0.2) is 0 Å². The Morgan fingerprint density at radius 2 is 1.88 bits per heavy atom. The van der Waals surface area contributed by atoms with Crippen molar-refractivity contribution in [2.45, 2.75) is 0 Å².